The van der Waals surface area contributed by atoms with Crippen molar-refractivity contribution in [2.75, 3.05) is 14.2 Å². The summed E-state index contributed by atoms with van der Waals surface area (Å²) < 4.78 is 5.33. The number of carbonyl (C=O) groups excluding carboxylic acids is 1. The molecule has 0 bridgehead atoms. The molecule has 0 saturated heterocycles. The van der Waals surface area contributed by atoms with E-state index in [0.717, 1.165) is 35.0 Å². The lowest BCUT2D eigenvalue weighted by atomic mass is 10.0. The zero-order valence-electron chi connectivity index (χ0n) is 16.4. The first-order valence-corrected chi connectivity index (χ1v) is 9.52. The third-order valence-electron chi connectivity index (χ3n) is 5.23. The smallest absolute Gasteiger partial charge is 0.335 e. The molecule has 6 nitrogen and oxygen atoms in total. The van der Waals surface area contributed by atoms with Gasteiger partial charge in [-0.2, -0.15) is 0 Å². The summed E-state index contributed by atoms with van der Waals surface area (Å²) in [5, 5.41) is 9.80. The molecule has 1 amide bonds. The molecule has 29 heavy (non-hydrogen) atoms. The van der Waals surface area contributed by atoms with E-state index >= 15 is 0 Å². The van der Waals surface area contributed by atoms with E-state index in [1.54, 1.807) is 43.3 Å². The summed E-state index contributed by atoms with van der Waals surface area (Å²) in [6, 6.07) is 14.1. The normalized spacial score (nSPS) is 13.3. The number of aromatic nitrogens is 1. The van der Waals surface area contributed by atoms with Gasteiger partial charge in [-0.1, -0.05) is 12.1 Å². The topological polar surface area (TPSA) is 79.7 Å². The predicted octanol–water partition coefficient (Wildman–Crippen LogP) is 4.09. The van der Waals surface area contributed by atoms with Crippen molar-refractivity contribution in [3.63, 3.8) is 0 Å². The van der Waals surface area contributed by atoms with E-state index in [9.17, 15) is 9.59 Å². The number of fused-ring (bicyclic) bond motifs is 1. The van der Waals surface area contributed by atoms with E-state index in [0.29, 0.717) is 23.8 Å². The molecule has 1 heterocycles. The van der Waals surface area contributed by atoms with Crippen LogP contribution in [0.25, 0.3) is 10.9 Å². The summed E-state index contributed by atoms with van der Waals surface area (Å²) in [6.07, 6.45) is 2.21. The van der Waals surface area contributed by atoms with E-state index in [2.05, 4.69) is 0 Å². The van der Waals surface area contributed by atoms with Crippen molar-refractivity contribution in [3.8, 4) is 5.75 Å². The number of hydrogen-bond donors (Lipinski definition) is 1. The molecule has 0 spiro atoms. The van der Waals surface area contributed by atoms with Gasteiger partial charge in [0.1, 0.15) is 5.75 Å². The van der Waals surface area contributed by atoms with Crippen molar-refractivity contribution < 1.29 is 19.4 Å². The van der Waals surface area contributed by atoms with Gasteiger partial charge in [-0.25, -0.2) is 4.79 Å². The highest BCUT2D eigenvalue weighted by Gasteiger charge is 2.27. The minimum Gasteiger partial charge on any atom is -0.497 e. The highest BCUT2D eigenvalue weighted by molar-refractivity contribution is 6.06. The number of nitrogens with zero attached hydrogens (tertiary/aromatic N) is 2. The fourth-order valence-corrected chi connectivity index (χ4v) is 3.42. The summed E-state index contributed by atoms with van der Waals surface area (Å²) >= 11 is 0. The molecule has 0 aliphatic heterocycles. The quantitative estimate of drug-likeness (QED) is 0.686. The monoisotopic (exact) mass is 390 g/mol. The van der Waals surface area contributed by atoms with E-state index in [4.69, 9.17) is 14.8 Å². The van der Waals surface area contributed by atoms with Gasteiger partial charge in [0.2, 0.25) is 0 Å². The minimum atomic E-state index is -0.967. The third kappa shape index (κ3) is 3.92. The number of carbonyl (C=O) groups is 2. The van der Waals surface area contributed by atoms with Gasteiger partial charge in [-0.05, 0) is 54.8 Å². The van der Waals surface area contributed by atoms with Gasteiger partial charge in [-0.3, -0.25) is 9.78 Å². The lowest BCUT2D eigenvalue weighted by molar-refractivity contribution is 0.0695. The van der Waals surface area contributed by atoms with Crippen molar-refractivity contribution in [1.29, 1.82) is 0 Å². The molecule has 1 aromatic heterocycles. The Labute approximate surface area is 168 Å². The standard InChI is InChI=1S/C23H22N2O4/c1-25(13-14-3-5-16(6-4-14)23(27)28)22(26)19-12-21(15-7-8-15)24-20-10-9-17(29-2)11-18(19)20/h3-6,9-12,15H,7-8,13H2,1-2H3,(H,27,28). The number of amides is 1. The van der Waals surface area contributed by atoms with Crippen molar-refractivity contribution >= 4 is 22.8 Å². The summed E-state index contributed by atoms with van der Waals surface area (Å²) in [5.74, 6) is 0.0435. The zero-order chi connectivity index (χ0) is 20.5. The Hall–Kier alpha value is -3.41. The molecule has 1 aliphatic rings. The van der Waals surface area contributed by atoms with Gasteiger partial charge in [0, 0.05) is 30.6 Å². The summed E-state index contributed by atoms with van der Waals surface area (Å²) in [4.78, 5) is 30.7. The molecule has 1 N–H and O–H groups in total. The Kier molecular flexibility index (Phi) is 4.92. The molecule has 1 fully saturated rings. The maximum absolute atomic E-state index is 13.3. The second-order valence-electron chi connectivity index (χ2n) is 7.42. The van der Waals surface area contributed by atoms with Crippen LogP contribution in [0.5, 0.6) is 5.75 Å². The van der Waals surface area contributed by atoms with E-state index in [-0.39, 0.29) is 11.5 Å². The Morgan fingerprint density at radius 2 is 1.86 bits per heavy atom. The summed E-state index contributed by atoms with van der Waals surface area (Å²) in [6.45, 7) is 0.380. The molecule has 148 valence electrons. The van der Waals surface area contributed by atoms with Crippen LogP contribution in [-0.4, -0.2) is 41.0 Å². The maximum Gasteiger partial charge on any atom is 0.335 e. The molecule has 0 atom stereocenters. The number of benzene rings is 2. The van der Waals surface area contributed by atoms with Gasteiger partial charge in [-0.15, -0.1) is 0 Å². The molecule has 3 aromatic rings. The number of hydrogen-bond acceptors (Lipinski definition) is 4. The number of carboxylic acids is 1. The molecule has 1 aliphatic carbocycles. The van der Waals surface area contributed by atoms with Gasteiger partial charge < -0.3 is 14.7 Å². The first-order chi connectivity index (χ1) is 14.0. The Morgan fingerprint density at radius 1 is 1.14 bits per heavy atom. The van der Waals surface area contributed by atoms with Crippen LogP contribution in [0.15, 0.2) is 48.5 Å². The van der Waals surface area contributed by atoms with Crippen LogP contribution in [0, 0.1) is 0 Å². The zero-order valence-corrected chi connectivity index (χ0v) is 16.4. The first-order valence-electron chi connectivity index (χ1n) is 9.52. The summed E-state index contributed by atoms with van der Waals surface area (Å²) in [5.41, 5.74) is 3.46. The van der Waals surface area contributed by atoms with E-state index in [1.165, 1.54) is 0 Å². The van der Waals surface area contributed by atoms with E-state index in [1.807, 2.05) is 24.3 Å². The van der Waals surface area contributed by atoms with E-state index < -0.39 is 5.97 Å². The maximum atomic E-state index is 13.3. The molecule has 4 rings (SSSR count). The number of aromatic carboxylic acids is 1. The second kappa shape index (κ2) is 7.54. The second-order valence-corrected chi connectivity index (χ2v) is 7.42. The first kappa shape index (κ1) is 18.9. The lowest BCUT2D eigenvalue weighted by Gasteiger charge is -2.19. The molecule has 0 unspecified atom stereocenters. The lowest BCUT2D eigenvalue weighted by Crippen LogP contribution is -2.26. The molecular weight excluding hydrogens is 368 g/mol. The summed E-state index contributed by atoms with van der Waals surface area (Å²) in [7, 11) is 3.35. The highest BCUT2D eigenvalue weighted by Crippen LogP contribution is 2.40. The van der Waals surface area contributed by atoms with Gasteiger partial charge in [0.25, 0.3) is 5.91 Å². The Bertz CT molecular complexity index is 1090. The third-order valence-corrected chi connectivity index (χ3v) is 5.23. The van der Waals surface area contributed by atoms with Crippen LogP contribution in [0.2, 0.25) is 0 Å². The van der Waals surface area contributed by atoms with Crippen LogP contribution in [0.4, 0.5) is 0 Å². The van der Waals surface area contributed by atoms with Crippen molar-refractivity contribution in [2.45, 2.75) is 25.3 Å². The Morgan fingerprint density at radius 3 is 2.48 bits per heavy atom. The number of ether oxygens (including phenoxy) is 1. The van der Waals surface area contributed by atoms with Crippen molar-refractivity contribution in [2.24, 2.45) is 0 Å². The molecular formula is C23H22N2O4. The van der Waals surface area contributed by atoms with Crippen molar-refractivity contribution in [1.82, 2.24) is 9.88 Å². The van der Waals surface area contributed by atoms with Crippen LogP contribution in [0.1, 0.15) is 50.7 Å². The molecule has 2 aromatic carbocycles. The number of pyridine rings is 1. The SMILES string of the molecule is COc1ccc2nc(C3CC3)cc(C(=O)N(C)Cc3ccc(C(=O)O)cc3)c2c1. The van der Waals surface area contributed by atoms with Crippen LogP contribution in [0.3, 0.4) is 0 Å². The van der Waals surface area contributed by atoms with Gasteiger partial charge in [0.15, 0.2) is 0 Å². The largest absolute Gasteiger partial charge is 0.497 e. The Balaban J connectivity index is 1.66. The molecule has 0 radical (unpaired) electrons. The van der Waals surface area contributed by atoms with Crippen LogP contribution in [-0.2, 0) is 6.54 Å². The highest BCUT2D eigenvalue weighted by atomic mass is 16.5. The predicted molar refractivity (Wildman–Crippen MR) is 109 cm³/mol. The van der Waals surface area contributed by atoms with Crippen LogP contribution >= 0.6 is 0 Å². The fraction of sp³-hybridized carbons (Fsp3) is 0.261. The van der Waals surface area contributed by atoms with Crippen molar-refractivity contribution in [3.05, 3.63) is 70.9 Å². The van der Waals surface area contributed by atoms with Gasteiger partial charge >= 0.3 is 5.97 Å². The minimum absolute atomic E-state index is 0.102. The fourth-order valence-electron chi connectivity index (χ4n) is 3.42. The number of methoxy groups -OCH3 is 1. The van der Waals surface area contributed by atoms with Crippen LogP contribution < -0.4 is 4.74 Å². The average molecular weight is 390 g/mol. The average Bonchev–Trinajstić information content (AvgIpc) is 3.57. The molecule has 1 saturated carbocycles. The number of carboxylic acid groups (broad SMARTS) is 1. The van der Waals surface area contributed by atoms with Gasteiger partial charge in [0.05, 0.1) is 23.8 Å². The number of rotatable bonds is 6. The molecule has 6 heteroatoms.